The van der Waals surface area contributed by atoms with Gasteiger partial charge in [0.05, 0.1) is 22.5 Å². The van der Waals surface area contributed by atoms with E-state index in [-0.39, 0.29) is 23.3 Å². The first-order valence-corrected chi connectivity index (χ1v) is 14.0. The Morgan fingerprint density at radius 1 is 1.07 bits per heavy atom. The normalized spacial score (nSPS) is 19.8. The molecule has 0 bridgehead atoms. The monoisotopic (exact) mass is 599 g/mol. The Hall–Kier alpha value is -4.26. The van der Waals surface area contributed by atoms with Crippen molar-refractivity contribution in [3.8, 4) is 0 Å². The van der Waals surface area contributed by atoms with E-state index in [1.807, 2.05) is 43.7 Å². The first-order valence-electron chi connectivity index (χ1n) is 14.0. The summed E-state index contributed by atoms with van der Waals surface area (Å²) in [7, 11) is 1.99. The predicted molar refractivity (Wildman–Crippen MR) is 157 cm³/mol. The van der Waals surface area contributed by atoms with Crippen LogP contribution in [0.1, 0.15) is 47.3 Å². The van der Waals surface area contributed by atoms with Crippen LogP contribution in [0.15, 0.2) is 47.7 Å². The molecule has 2 aliphatic rings. The highest BCUT2D eigenvalue weighted by Crippen LogP contribution is 2.37. The lowest BCUT2D eigenvalue weighted by molar-refractivity contribution is -0.138. The van der Waals surface area contributed by atoms with Gasteiger partial charge in [0.25, 0.3) is 5.91 Å². The molecule has 1 amide bonds. The first-order chi connectivity index (χ1) is 20.3. The summed E-state index contributed by atoms with van der Waals surface area (Å²) in [6.07, 6.45) is 1.70. The number of anilines is 3. The van der Waals surface area contributed by atoms with Crippen molar-refractivity contribution in [1.29, 1.82) is 0 Å². The maximum atomic E-state index is 15.9. The van der Waals surface area contributed by atoms with Crippen molar-refractivity contribution in [3.05, 3.63) is 81.3 Å². The number of carbonyl (C=O) groups is 1. The number of aromatic nitrogens is 3. The zero-order valence-corrected chi connectivity index (χ0v) is 24.3. The lowest BCUT2D eigenvalue weighted by Gasteiger charge is -2.44. The van der Waals surface area contributed by atoms with Crippen LogP contribution < -0.4 is 20.7 Å². The zero-order chi connectivity index (χ0) is 31.1. The highest BCUT2D eigenvalue weighted by Gasteiger charge is 2.36. The van der Waals surface area contributed by atoms with Crippen LogP contribution in [0.2, 0.25) is 0 Å². The number of pyridine rings is 1. The van der Waals surface area contributed by atoms with E-state index in [0.717, 1.165) is 11.8 Å². The number of hydrogen-bond donors (Lipinski definition) is 2. The van der Waals surface area contributed by atoms with Crippen molar-refractivity contribution in [3.63, 3.8) is 0 Å². The molecule has 0 aliphatic carbocycles. The third-order valence-electron chi connectivity index (χ3n) is 8.06. The molecule has 0 spiro atoms. The third kappa shape index (κ3) is 6.41. The average Bonchev–Trinajstić information content (AvgIpc) is 2.96. The molecule has 0 saturated carbocycles. The first kappa shape index (κ1) is 30.2. The summed E-state index contributed by atoms with van der Waals surface area (Å²) in [4.78, 5) is 42.0. The fraction of sp³-hybridized carbons (Fsp3) is 0.400. The molecule has 228 valence electrons. The second-order valence-corrected chi connectivity index (χ2v) is 11.2. The molecule has 3 aromatic rings. The molecule has 5 rings (SSSR count). The van der Waals surface area contributed by atoms with E-state index in [0.29, 0.717) is 55.9 Å². The van der Waals surface area contributed by atoms with Gasteiger partial charge in [0.15, 0.2) is 0 Å². The number of carbonyl (C=O) groups excluding carboxylic acids is 1. The minimum absolute atomic E-state index is 0.0928. The largest absolute Gasteiger partial charge is 0.417 e. The van der Waals surface area contributed by atoms with Crippen molar-refractivity contribution in [2.24, 2.45) is 0 Å². The van der Waals surface area contributed by atoms with Gasteiger partial charge in [0, 0.05) is 68.5 Å². The van der Waals surface area contributed by atoms with Gasteiger partial charge < -0.3 is 20.1 Å². The molecule has 0 radical (unpaired) electrons. The van der Waals surface area contributed by atoms with Gasteiger partial charge in [0.2, 0.25) is 11.5 Å². The number of nitrogens with zero attached hydrogens (tertiary/aromatic N) is 5. The number of alkyl halides is 3. The van der Waals surface area contributed by atoms with Gasteiger partial charge in [0.1, 0.15) is 5.82 Å². The van der Waals surface area contributed by atoms with Gasteiger partial charge in [-0.1, -0.05) is 6.08 Å². The second-order valence-electron chi connectivity index (χ2n) is 11.2. The fourth-order valence-corrected chi connectivity index (χ4v) is 5.51. The second kappa shape index (κ2) is 11.8. The van der Waals surface area contributed by atoms with Crippen molar-refractivity contribution in [1.82, 2.24) is 19.9 Å². The van der Waals surface area contributed by atoms with E-state index in [9.17, 15) is 22.8 Å². The fourth-order valence-electron chi connectivity index (χ4n) is 5.51. The molecule has 1 fully saturated rings. The number of rotatable bonds is 5. The molecular weight excluding hydrogens is 566 g/mol. The SMILES string of the molecule is Cc1cnc(N2CCC=C(c3cc(NC(=O)c4c[nH]c(=O)cc4C(F)(F)F)c(N4C[C@@H](C)N(C)[C@@H](C)C4)cc3F)C2)nc1. The smallest absolute Gasteiger partial charge is 0.367 e. The minimum atomic E-state index is -4.94. The Kier molecular flexibility index (Phi) is 8.28. The van der Waals surface area contributed by atoms with E-state index in [1.165, 1.54) is 12.1 Å². The lowest BCUT2D eigenvalue weighted by atomic mass is 9.98. The molecule has 2 N–H and O–H groups in total. The van der Waals surface area contributed by atoms with Gasteiger partial charge in [-0.05, 0) is 57.5 Å². The highest BCUT2D eigenvalue weighted by atomic mass is 19.4. The Bertz CT molecular complexity index is 1590. The lowest BCUT2D eigenvalue weighted by Crippen LogP contribution is -2.55. The number of likely N-dealkylation sites (N-methyl/N-ethyl adjacent to an activating group) is 1. The van der Waals surface area contributed by atoms with Crippen LogP contribution in [-0.4, -0.2) is 71.1 Å². The summed E-state index contributed by atoms with van der Waals surface area (Å²) >= 11 is 0. The van der Waals surface area contributed by atoms with E-state index in [2.05, 4.69) is 25.2 Å². The molecule has 0 unspecified atom stereocenters. The van der Waals surface area contributed by atoms with Crippen molar-refractivity contribution in [2.45, 2.75) is 45.5 Å². The minimum Gasteiger partial charge on any atom is -0.367 e. The standard InChI is InChI=1S/C30H33F4N7O2/c1-17-11-36-29(37-12-17)40-7-5-6-20(16-40)21-8-25(26(10-24(21)31)41-14-18(2)39(4)19(3)15-41)38-28(43)22-13-35-27(42)9-23(22)30(32,33)34/h6,8-13,18-19H,5,7,14-16H2,1-4H3,(H,35,42)(H,38,43)/t18-,19+. The molecule has 2 atom stereocenters. The molecule has 2 aliphatic heterocycles. The quantitative estimate of drug-likeness (QED) is 0.410. The summed E-state index contributed by atoms with van der Waals surface area (Å²) in [6, 6.07) is 3.34. The topological polar surface area (TPSA) is 97.5 Å². The van der Waals surface area contributed by atoms with Crippen LogP contribution in [0.25, 0.3) is 5.57 Å². The Balaban J connectivity index is 1.55. The number of piperazine rings is 1. The van der Waals surface area contributed by atoms with E-state index < -0.39 is 34.6 Å². The van der Waals surface area contributed by atoms with E-state index in [4.69, 9.17) is 0 Å². The Labute approximate surface area is 246 Å². The van der Waals surface area contributed by atoms with Gasteiger partial charge in [-0.25, -0.2) is 14.4 Å². The number of aryl methyl sites for hydroxylation is 1. The number of hydrogen-bond acceptors (Lipinski definition) is 7. The van der Waals surface area contributed by atoms with Gasteiger partial charge in [-0.2, -0.15) is 13.2 Å². The highest BCUT2D eigenvalue weighted by molar-refractivity contribution is 6.07. The molecule has 1 saturated heterocycles. The van der Waals surface area contributed by atoms with Crippen LogP contribution >= 0.6 is 0 Å². The van der Waals surface area contributed by atoms with Gasteiger partial charge >= 0.3 is 6.18 Å². The predicted octanol–water partition coefficient (Wildman–Crippen LogP) is 4.71. The molecule has 9 nitrogen and oxygen atoms in total. The number of benzene rings is 1. The summed E-state index contributed by atoms with van der Waals surface area (Å²) in [5, 5.41) is 2.60. The number of nitrogens with one attached hydrogen (secondary N) is 2. The number of amides is 1. The summed E-state index contributed by atoms with van der Waals surface area (Å²) in [5.41, 5.74) is -0.822. The maximum Gasteiger partial charge on any atom is 0.417 e. The Morgan fingerprint density at radius 3 is 2.40 bits per heavy atom. The van der Waals surface area contributed by atoms with Gasteiger partial charge in [-0.3, -0.25) is 14.5 Å². The van der Waals surface area contributed by atoms with Crippen molar-refractivity contribution >= 4 is 28.8 Å². The molecule has 13 heteroatoms. The number of halogens is 4. The third-order valence-corrected chi connectivity index (χ3v) is 8.06. The Morgan fingerprint density at radius 2 is 1.74 bits per heavy atom. The summed E-state index contributed by atoms with van der Waals surface area (Å²) in [6.45, 7) is 7.87. The zero-order valence-electron chi connectivity index (χ0n) is 24.3. The number of H-pyrrole nitrogens is 1. The van der Waals surface area contributed by atoms with Crippen LogP contribution in [-0.2, 0) is 6.18 Å². The molecule has 2 aromatic heterocycles. The van der Waals surface area contributed by atoms with Crippen LogP contribution in [0.5, 0.6) is 0 Å². The average molecular weight is 600 g/mol. The maximum absolute atomic E-state index is 15.9. The van der Waals surface area contributed by atoms with Crippen LogP contribution in [0.4, 0.5) is 34.9 Å². The molecule has 1 aromatic carbocycles. The summed E-state index contributed by atoms with van der Waals surface area (Å²) < 4.78 is 57.2. The van der Waals surface area contributed by atoms with E-state index in [1.54, 1.807) is 12.4 Å². The molecular formula is C30H33F4N7O2. The molecule has 4 heterocycles. The van der Waals surface area contributed by atoms with Crippen LogP contribution in [0, 0.1) is 12.7 Å². The van der Waals surface area contributed by atoms with E-state index >= 15 is 4.39 Å². The molecule has 43 heavy (non-hydrogen) atoms. The van der Waals surface area contributed by atoms with Crippen molar-refractivity contribution in [2.75, 3.05) is 48.3 Å². The van der Waals surface area contributed by atoms with Gasteiger partial charge in [-0.15, -0.1) is 0 Å². The van der Waals surface area contributed by atoms with Crippen molar-refractivity contribution < 1.29 is 22.4 Å². The summed E-state index contributed by atoms with van der Waals surface area (Å²) in [5.74, 6) is -1.10. The van der Waals surface area contributed by atoms with Crippen LogP contribution in [0.3, 0.4) is 0 Å². The number of aromatic amines is 1.